The maximum Gasteiger partial charge on any atom is 0.317 e. The molecule has 5 heteroatoms. The van der Waals surface area contributed by atoms with Crippen molar-refractivity contribution in [3.05, 3.63) is 35.4 Å². The summed E-state index contributed by atoms with van der Waals surface area (Å²) in [6.07, 6.45) is 4.49. The lowest BCUT2D eigenvalue weighted by Crippen LogP contribution is -2.53. The van der Waals surface area contributed by atoms with E-state index in [1.165, 1.54) is 24.0 Å². The third-order valence-electron chi connectivity index (χ3n) is 6.11. The van der Waals surface area contributed by atoms with Crippen molar-refractivity contribution >= 4 is 6.03 Å². The van der Waals surface area contributed by atoms with E-state index in [2.05, 4.69) is 29.6 Å². The second-order valence-corrected chi connectivity index (χ2v) is 7.29. The Bertz CT molecular complexity index is 610. The maximum absolute atomic E-state index is 12.6. The van der Waals surface area contributed by atoms with Gasteiger partial charge in [-0.25, -0.2) is 4.79 Å². The number of ether oxygens (including phenoxy) is 2. The lowest BCUT2D eigenvalue weighted by molar-refractivity contribution is 0.0727. The fraction of sp³-hybridized carbons (Fsp3) is 0.632. The van der Waals surface area contributed by atoms with E-state index in [-0.39, 0.29) is 18.2 Å². The molecule has 0 aromatic heterocycles. The molecule has 1 aromatic carbocycles. The molecule has 2 fully saturated rings. The number of urea groups is 1. The number of amides is 2. The molecule has 3 aliphatic rings. The Morgan fingerprint density at radius 2 is 2.04 bits per heavy atom. The lowest BCUT2D eigenvalue weighted by atomic mass is 9.74. The molecule has 2 atom stereocenters. The van der Waals surface area contributed by atoms with Gasteiger partial charge in [-0.2, -0.15) is 0 Å². The number of carbonyl (C=O) groups is 1. The summed E-state index contributed by atoms with van der Waals surface area (Å²) in [7, 11) is 1.67. The molecule has 0 bridgehead atoms. The van der Waals surface area contributed by atoms with Crippen LogP contribution in [0.1, 0.15) is 30.4 Å². The van der Waals surface area contributed by atoms with Gasteiger partial charge in [0.1, 0.15) is 6.10 Å². The number of hydrogen-bond acceptors (Lipinski definition) is 3. The highest BCUT2D eigenvalue weighted by atomic mass is 16.5. The minimum atomic E-state index is -0.0365. The maximum atomic E-state index is 12.6. The Balaban J connectivity index is 1.37. The number of carbonyl (C=O) groups excluding carboxylic acids is 1. The van der Waals surface area contributed by atoms with Crippen LogP contribution in [0.2, 0.25) is 0 Å². The van der Waals surface area contributed by atoms with E-state index in [4.69, 9.17) is 9.47 Å². The van der Waals surface area contributed by atoms with E-state index in [0.717, 1.165) is 25.9 Å². The lowest BCUT2D eigenvalue weighted by Gasteiger charge is -2.40. The van der Waals surface area contributed by atoms with E-state index >= 15 is 0 Å². The van der Waals surface area contributed by atoms with Gasteiger partial charge in [-0.1, -0.05) is 24.3 Å². The van der Waals surface area contributed by atoms with Gasteiger partial charge in [-0.3, -0.25) is 0 Å². The van der Waals surface area contributed by atoms with E-state index in [1.807, 2.05) is 4.90 Å². The summed E-state index contributed by atoms with van der Waals surface area (Å²) in [5, 5.41) is 3.08. The van der Waals surface area contributed by atoms with Crippen molar-refractivity contribution in [3.63, 3.8) is 0 Å². The molecule has 0 saturated carbocycles. The Kier molecular flexibility index (Phi) is 4.22. The second kappa shape index (κ2) is 6.37. The summed E-state index contributed by atoms with van der Waals surface area (Å²) >= 11 is 0. The minimum absolute atomic E-state index is 0.0219. The van der Waals surface area contributed by atoms with Crippen molar-refractivity contribution < 1.29 is 14.3 Å². The first-order chi connectivity index (χ1) is 11.7. The zero-order chi connectivity index (χ0) is 16.6. The number of rotatable bonds is 2. The highest BCUT2D eigenvalue weighted by Gasteiger charge is 2.42. The van der Waals surface area contributed by atoms with E-state index < -0.39 is 0 Å². The highest BCUT2D eigenvalue weighted by Crippen LogP contribution is 2.46. The van der Waals surface area contributed by atoms with E-state index in [0.29, 0.717) is 18.6 Å². The summed E-state index contributed by atoms with van der Waals surface area (Å²) in [5.74, 6) is 0. The van der Waals surface area contributed by atoms with Crippen molar-refractivity contribution in [1.29, 1.82) is 0 Å². The number of piperidine rings is 1. The number of fused-ring (bicyclic) bond motifs is 2. The zero-order valence-electron chi connectivity index (χ0n) is 14.3. The molecule has 4 rings (SSSR count). The van der Waals surface area contributed by atoms with Gasteiger partial charge in [0, 0.05) is 20.2 Å². The number of likely N-dealkylation sites (tertiary alicyclic amines) is 1. The van der Waals surface area contributed by atoms with Gasteiger partial charge in [0.15, 0.2) is 0 Å². The SMILES string of the molecule is CO[C@H]1COC[C@@H]1NC(=O)N1CCC2(CCc3ccccc32)CC1. The van der Waals surface area contributed by atoms with Crippen molar-refractivity contribution in [1.82, 2.24) is 10.2 Å². The minimum Gasteiger partial charge on any atom is -0.377 e. The average Bonchev–Trinajstić information content (AvgIpc) is 3.21. The molecule has 0 unspecified atom stereocenters. The number of aryl methyl sites for hydroxylation is 1. The van der Waals surface area contributed by atoms with Crippen LogP contribution >= 0.6 is 0 Å². The Labute approximate surface area is 143 Å². The fourth-order valence-electron chi connectivity index (χ4n) is 4.57. The summed E-state index contributed by atoms with van der Waals surface area (Å²) in [6.45, 7) is 2.74. The van der Waals surface area contributed by atoms with Crippen molar-refractivity contribution in [2.24, 2.45) is 0 Å². The third kappa shape index (κ3) is 2.70. The predicted octanol–water partition coefficient (Wildman–Crippen LogP) is 2.09. The summed E-state index contributed by atoms with van der Waals surface area (Å²) in [6, 6.07) is 8.82. The van der Waals surface area contributed by atoms with Gasteiger partial charge in [0.25, 0.3) is 0 Å². The van der Waals surface area contributed by atoms with Gasteiger partial charge in [0.05, 0.1) is 19.3 Å². The van der Waals surface area contributed by atoms with Crippen LogP contribution in [0, 0.1) is 0 Å². The summed E-state index contributed by atoms with van der Waals surface area (Å²) in [4.78, 5) is 14.5. The predicted molar refractivity (Wildman–Crippen MR) is 91.2 cm³/mol. The number of nitrogens with one attached hydrogen (secondary N) is 1. The smallest absolute Gasteiger partial charge is 0.317 e. The van der Waals surface area contributed by atoms with Crippen LogP contribution < -0.4 is 5.32 Å². The number of methoxy groups -OCH3 is 1. The van der Waals surface area contributed by atoms with Gasteiger partial charge in [0.2, 0.25) is 0 Å². The quantitative estimate of drug-likeness (QED) is 0.903. The molecule has 2 saturated heterocycles. The largest absolute Gasteiger partial charge is 0.377 e. The van der Waals surface area contributed by atoms with Crippen LogP contribution in [0.4, 0.5) is 4.79 Å². The van der Waals surface area contributed by atoms with Gasteiger partial charge >= 0.3 is 6.03 Å². The first kappa shape index (κ1) is 15.9. The first-order valence-corrected chi connectivity index (χ1v) is 8.96. The van der Waals surface area contributed by atoms with Crippen LogP contribution in [0.15, 0.2) is 24.3 Å². The Morgan fingerprint density at radius 3 is 2.83 bits per heavy atom. The standard InChI is InChI=1S/C19H26N2O3/c1-23-17-13-24-12-16(17)20-18(22)21-10-8-19(9-11-21)7-6-14-4-2-3-5-15(14)19/h2-5,16-17H,6-13H2,1H3,(H,20,22)/t16-,17-/m0/s1. The molecule has 1 N–H and O–H groups in total. The van der Waals surface area contributed by atoms with Crippen LogP contribution in [0.5, 0.6) is 0 Å². The fourth-order valence-corrected chi connectivity index (χ4v) is 4.57. The van der Waals surface area contributed by atoms with Crippen molar-refractivity contribution in [2.75, 3.05) is 33.4 Å². The normalized spacial score (nSPS) is 28.1. The molecule has 1 spiro atoms. The molecule has 5 nitrogen and oxygen atoms in total. The molecular weight excluding hydrogens is 304 g/mol. The molecular formula is C19H26N2O3. The Morgan fingerprint density at radius 1 is 1.25 bits per heavy atom. The second-order valence-electron chi connectivity index (χ2n) is 7.29. The van der Waals surface area contributed by atoms with Crippen LogP contribution in [0.3, 0.4) is 0 Å². The van der Waals surface area contributed by atoms with Gasteiger partial charge in [-0.05, 0) is 42.2 Å². The molecule has 2 heterocycles. The van der Waals surface area contributed by atoms with Crippen LogP contribution in [0.25, 0.3) is 0 Å². The molecule has 24 heavy (non-hydrogen) atoms. The summed E-state index contributed by atoms with van der Waals surface area (Å²) < 4.78 is 10.8. The number of benzene rings is 1. The summed E-state index contributed by atoms with van der Waals surface area (Å²) in [5.41, 5.74) is 3.31. The monoisotopic (exact) mass is 330 g/mol. The average molecular weight is 330 g/mol. The van der Waals surface area contributed by atoms with Crippen molar-refractivity contribution in [2.45, 2.75) is 43.2 Å². The van der Waals surface area contributed by atoms with E-state index in [9.17, 15) is 4.79 Å². The topological polar surface area (TPSA) is 50.8 Å². The third-order valence-corrected chi connectivity index (χ3v) is 6.11. The van der Waals surface area contributed by atoms with Gasteiger partial charge < -0.3 is 19.7 Å². The molecule has 1 aromatic rings. The van der Waals surface area contributed by atoms with E-state index in [1.54, 1.807) is 7.11 Å². The molecule has 2 amide bonds. The van der Waals surface area contributed by atoms with Crippen molar-refractivity contribution in [3.8, 4) is 0 Å². The van der Waals surface area contributed by atoms with Crippen LogP contribution in [-0.4, -0.2) is 56.5 Å². The van der Waals surface area contributed by atoms with Crippen LogP contribution in [-0.2, 0) is 21.3 Å². The number of hydrogen-bond donors (Lipinski definition) is 1. The van der Waals surface area contributed by atoms with Gasteiger partial charge in [-0.15, -0.1) is 0 Å². The molecule has 0 radical (unpaired) electrons. The number of nitrogens with zero attached hydrogens (tertiary/aromatic N) is 1. The first-order valence-electron chi connectivity index (χ1n) is 8.96. The molecule has 1 aliphatic carbocycles. The highest BCUT2D eigenvalue weighted by molar-refractivity contribution is 5.75. The molecule has 2 aliphatic heterocycles. The Hall–Kier alpha value is -1.59. The zero-order valence-corrected chi connectivity index (χ0v) is 14.3. The molecule has 130 valence electrons.